The molecule has 1 aromatic carbocycles. The molecule has 0 spiro atoms. The molecule has 4 nitrogen and oxygen atoms in total. The smallest absolute Gasteiger partial charge is 0.153 e. The summed E-state index contributed by atoms with van der Waals surface area (Å²) in [6.45, 7) is 5.20. The topological polar surface area (TPSA) is 61.8 Å². The summed E-state index contributed by atoms with van der Waals surface area (Å²) in [4.78, 5) is 2.08. The molecule has 1 rings (SSSR count). The zero-order chi connectivity index (χ0) is 12.8. The number of nitrogens with two attached hydrogens (primary N) is 1. The van der Waals surface area contributed by atoms with Crippen molar-refractivity contribution in [3.8, 4) is 0 Å². The number of hydrogen-bond donors (Lipinski definition) is 2. The van der Waals surface area contributed by atoms with Crippen molar-refractivity contribution in [1.29, 1.82) is 0 Å². The fourth-order valence-corrected chi connectivity index (χ4v) is 1.70. The second-order valence-corrected chi connectivity index (χ2v) is 4.59. The summed E-state index contributed by atoms with van der Waals surface area (Å²) in [6.07, 6.45) is 0. The molecular formula is C12H18ClN3O. The normalized spacial score (nSPS) is 12.4. The average molecular weight is 256 g/mol. The third kappa shape index (κ3) is 4.24. The van der Waals surface area contributed by atoms with E-state index in [-0.39, 0.29) is 11.9 Å². The zero-order valence-electron chi connectivity index (χ0n) is 10.1. The van der Waals surface area contributed by atoms with E-state index in [4.69, 9.17) is 22.5 Å². The van der Waals surface area contributed by atoms with Crippen molar-refractivity contribution in [2.45, 2.75) is 26.4 Å². The maximum Gasteiger partial charge on any atom is 0.153 e. The Morgan fingerprint density at radius 2 is 2.12 bits per heavy atom. The molecule has 0 aromatic heterocycles. The molecular weight excluding hydrogens is 238 g/mol. The quantitative estimate of drug-likeness (QED) is 0.367. The lowest BCUT2D eigenvalue weighted by Crippen LogP contribution is -2.38. The van der Waals surface area contributed by atoms with Crippen LogP contribution in [0.25, 0.3) is 0 Å². The highest BCUT2D eigenvalue weighted by molar-refractivity contribution is 6.31. The Kier molecular flexibility index (Phi) is 5.25. The third-order valence-corrected chi connectivity index (χ3v) is 2.92. The van der Waals surface area contributed by atoms with E-state index in [0.717, 1.165) is 10.6 Å². The van der Waals surface area contributed by atoms with Crippen LogP contribution in [-0.2, 0) is 6.54 Å². The summed E-state index contributed by atoms with van der Waals surface area (Å²) in [6, 6.07) is 7.97. The van der Waals surface area contributed by atoms with E-state index in [1.165, 1.54) is 0 Å². The summed E-state index contributed by atoms with van der Waals surface area (Å²) in [5.41, 5.74) is 6.56. The lowest BCUT2D eigenvalue weighted by molar-refractivity contribution is 0.238. The first-order valence-electron chi connectivity index (χ1n) is 5.48. The van der Waals surface area contributed by atoms with Gasteiger partial charge >= 0.3 is 0 Å². The molecule has 0 saturated heterocycles. The van der Waals surface area contributed by atoms with Gasteiger partial charge in [-0.05, 0) is 25.5 Å². The van der Waals surface area contributed by atoms with Gasteiger partial charge in [0, 0.05) is 17.6 Å². The summed E-state index contributed by atoms with van der Waals surface area (Å²) in [5, 5.41) is 12.3. The van der Waals surface area contributed by atoms with Crippen LogP contribution in [-0.4, -0.2) is 28.5 Å². The Bertz CT molecular complexity index is 393. The van der Waals surface area contributed by atoms with Gasteiger partial charge < -0.3 is 10.9 Å². The van der Waals surface area contributed by atoms with E-state index in [1.54, 1.807) is 0 Å². The van der Waals surface area contributed by atoms with E-state index < -0.39 is 0 Å². The highest BCUT2D eigenvalue weighted by Gasteiger charge is 2.13. The number of oxime groups is 1. The maximum atomic E-state index is 8.60. The minimum absolute atomic E-state index is 0.200. The van der Waals surface area contributed by atoms with Crippen molar-refractivity contribution in [2.24, 2.45) is 10.9 Å². The molecule has 0 radical (unpaired) electrons. The number of nitrogens with zero attached hydrogens (tertiary/aromatic N) is 2. The van der Waals surface area contributed by atoms with Crippen LogP contribution < -0.4 is 5.73 Å². The Morgan fingerprint density at radius 1 is 1.47 bits per heavy atom. The van der Waals surface area contributed by atoms with E-state index in [1.807, 2.05) is 24.3 Å². The van der Waals surface area contributed by atoms with Gasteiger partial charge in [0.2, 0.25) is 0 Å². The Hall–Kier alpha value is -1.26. The standard InChI is InChI=1S/C12H18ClN3O/c1-9(2)16(8-12(14)15-17)7-10-5-3-4-6-11(10)13/h3-6,9,17H,7-8H2,1-2H3,(H2,14,15). The third-order valence-electron chi connectivity index (χ3n) is 2.56. The molecule has 5 heteroatoms. The summed E-state index contributed by atoms with van der Waals surface area (Å²) >= 11 is 6.11. The van der Waals surface area contributed by atoms with Crippen molar-refractivity contribution in [3.05, 3.63) is 34.9 Å². The van der Waals surface area contributed by atoms with Crippen LogP contribution in [0.15, 0.2) is 29.4 Å². The van der Waals surface area contributed by atoms with Crippen molar-refractivity contribution in [2.75, 3.05) is 6.54 Å². The van der Waals surface area contributed by atoms with Crippen LogP contribution in [0.3, 0.4) is 0 Å². The molecule has 0 fully saturated rings. The van der Waals surface area contributed by atoms with E-state index in [0.29, 0.717) is 13.1 Å². The minimum Gasteiger partial charge on any atom is -0.409 e. The number of amidine groups is 1. The van der Waals surface area contributed by atoms with Crippen LogP contribution in [0.2, 0.25) is 5.02 Å². The fraction of sp³-hybridized carbons (Fsp3) is 0.417. The molecule has 0 atom stereocenters. The largest absolute Gasteiger partial charge is 0.409 e. The predicted octanol–water partition coefficient (Wildman–Crippen LogP) is 2.30. The van der Waals surface area contributed by atoms with E-state index in [2.05, 4.69) is 23.9 Å². The molecule has 0 aliphatic carbocycles. The second kappa shape index (κ2) is 6.47. The van der Waals surface area contributed by atoms with E-state index in [9.17, 15) is 0 Å². The predicted molar refractivity (Wildman–Crippen MR) is 70.4 cm³/mol. The average Bonchev–Trinajstić information content (AvgIpc) is 2.30. The van der Waals surface area contributed by atoms with Crippen molar-refractivity contribution < 1.29 is 5.21 Å². The van der Waals surface area contributed by atoms with Crippen molar-refractivity contribution >= 4 is 17.4 Å². The second-order valence-electron chi connectivity index (χ2n) is 4.18. The molecule has 0 heterocycles. The first-order valence-corrected chi connectivity index (χ1v) is 5.86. The van der Waals surface area contributed by atoms with Gasteiger partial charge in [0.1, 0.15) is 0 Å². The SMILES string of the molecule is CC(C)N(CC(N)=NO)Cc1ccccc1Cl. The van der Waals surface area contributed by atoms with Gasteiger partial charge in [0.05, 0.1) is 6.54 Å². The van der Waals surface area contributed by atoms with Gasteiger partial charge in [-0.2, -0.15) is 0 Å². The molecule has 17 heavy (non-hydrogen) atoms. The summed E-state index contributed by atoms with van der Waals surface area (Å²) in [5.74, 6) is 0.200. The fourth-order valence-electron chi connectivity index (χ4n) is 1.51. The summed E-state index contributed by atoms with van der Waals surface area (Å²) in [7, 11) is 0. The maximum absolute atomic E-state index is 8.60. The molecule has 0 bridgehead atoms. The molecule has 0 aliphatic heterocycles. The molecule has 0 amide bonds. The number of benzene rings is 1. The van der Waals surface area contributed by atoms with Gasteiger partial charge in [0.25, 0.3) is 0 Å². The number of rotatable bonds is 5. The van der Waals surface area contributed by atoms with Crippen LogP contribution in [0.4, 0.5) is 0 Å². The molecule has 0 unspecified atom stereocenters. The Labute approximate surface area is 107 Å². The van der Waals surface area contributed by atoms with Gasteiger partial charge in [-0.3, -0.25) is 4.90 Å². The van der Waals surface area contributed by atoms with Crippen LogP contribution in [0.1, 0.15) is 19.4 Å². The molecule has 1 aromatic rings. The first kappa shape index (κ1) is 13.8. The van der Waals surface area contributed by atoms with Gasteiger partial charge in [-0.25, -0.2) is 0 Å². The van der Waals surface area contributed by atoms with Gasteiger partial charge in [-0.1, -0.05) is 35.0 Å². The Morgan fingerprint density at radius 3 is 2.65 bits per heavy atom. The number of hydrogen-bond acceptors (Lipinski definition) is 3. The monoisotopic (exact) mass is 255 g/mol. The van der Waals surface area contributed by atoms with Crippen LogP contribution in [0.5, 0.6) is 0 Å². The molecule has 0 aliphatic rings. The highest BCUT2D eigenvalue weighted by Crippen LogP contribution is 2.17. The Balaban J connectivity index is 2.77. The van der Waals surface area contributed by atoms with Crippen LogP contribution in [0, 0.1) is 0 Å². The van der Waals surface area contributed by atoms with Crippen molar-refractivity contribution in [1.82, 2.24) is 4.90 Å². The van der Waals surface area contributed by atoms with E-state index >= 15 is 0 Å². The summed E-state index contributed by atoms with van der Waals surface area (Å²) < 4.78 is 0. The van der Waals surface area contributed by atoms with Gasteiger partial charge in [-0.15, -0.1) is 0 Å². The lowest BCUT2D eigenvalue weighted by atomic mass is 10.2. The molecule has 0 saturated carbocycles. The molecule has 94 valence electrons. The zero-order valence-corrected chi connectivity index (χ0v) is 10.9. The van der Waals surface area contributed by atoms with Crippen molar-refractivity contribution in [3.63, 3.8) is 0 Å². The van der Waals surface area contributed by atoms with Gasteiger partial charge in [0.15, 0.2) is 5.84 Å². The first-order chi connectivity index (χ1) is 8.04. The minimum atomic E-state index is 0.200. The highest BCUT2D eigenvalue weighted by atomic mass is 35.5. The lowest BCUT2D eigenvalue weighted by Gasteiger charge is -2.26. The van der Waals surface area contributed by atoms with Crippen LogP contribution >= 0.6 is 11.6 Å². The molecule has 3 N–H and O–H groups in total. The number of halogens is 1.